The molecule has 0 N–H and O–H groups in total. The summed E-state index contributed by atoms with van der Waals surface area (Å²) in [7, 11) is 9.53. The number of hydrogen-bond donors (Lipinski definition) is 0. The monoisotopic (exact) mass is 603 g/mol. The molecule has 0 amide bonds. The first-order valence-corrected chi connectivity index (χ1v) is 15.7. The molecule has 39 heavy (non-hydrogen) atoms. The van der Waals surface area contributed by atoms with Gasteiger partial charge in [0.05, 0.1) is 30.3 Å². The van der Waals surface area contributed by atoms with E-state index >= 15 is 0 Å². The fourth-order valence-electron chi connectivity index (χ4n) is 4.09. The zero-order valence-corrected chi connectivity index (χ0v) is 25.8. The van der Waals surface area contributed by atoms with Crippen LogP contribution in [-0.4, -0.2) is 27.2 Å². The Kier molecular flexibility index (Phi) is 11.1. The molecule has 0 spiro atoms. The Labute approximate surface area is 247 Å². The molecule has 0 atom stereocenters. The normalized spacial score (nSPS) is 12.2. The standard InChI is InChI=1S/C31H35N5.2ClH.Fe/c1-30(2,3)24-16-10-12-18-26(24)32-20-28-34-29(36(35-28)22-23-14-8-7-9-15-23)21-33-27-19-13-11-17-25(27)31(4,5)6;;;/h7-21H,22H2,1-6H3;2*1H;/q;;;+2/p-2. The van der Waals surface area contributed by atoms with E-state index in [-0.39, 0.29) is 24.0 Å². The molecule has 8 heteroatoms. The van der Waals surface area contributed by atoms with E-state index in [1.54, 1.807) is 12.4 Å². The molecule has 0 unspecified atom stereocenters. The Morgan fingerprint density at radius 2 is 1.18 bits per heavy atom. The molecule has 5 nitrogen and oxygen atoms in total. The first kappa shape index (κ1) is 30.8. The number of hydrogen-bond acceptors (Lipinski definition) is 4. The number of aliphatic imine (C=N–C) groups is 2. The number of benzene rings is 3. The number of nitrogens with zero attached hydrogens (tertiary/aromatic N) is 5. The molecule has 0 aliphatic rings. The van der Waals surface area contributed by atoms with E-state index in [2.05, 4.69) is 77.9 Å². The number of aromatic nitrogens is 3. The fraction of sp³-hybridized carbons (Fsp3) is 0.290. The van der Waals surface area contributed by atoms with Crippen LogP contribution in [0.4, 0.5) is 11.4 Å². The van der Waals surface area contributed by atoms with Crippen molar-refractivity contribution in [1.29, 1.82) is 0 Å². The second-order valence-corrected chi connectivity index (χ2v) is 12.9. The van der Waals surface area contributed by atoms with Crippen LogP contribution in [0.2, 0.25) is 0 Å². The van der Waals surface area contributed by atoms with Gasteiger partial charge in [-0.05, 0) is 39.7 Å². The summed E-state index contributed by atoms with van der Waals surface area (Å²) in [6.45, 7) is 13.8. The van der Waals surface area contributed by atoms with E-state index in [4.69, 9.17) is 40.3 Å². The molecule has 0 radical (unpaired) electrons. The fourth-order valence-corrected chi connectivity index (χ4v) is 4.09. The van der Waals surface area contributed by atoms with Crippen LogP contribution in [0.1, 0.15) is 69.9 Å². The molecular formula is C31H35Cl2FeN5. The maximum atomic E-state index is 4.83. The Bertz CT molecular complexity index is 1400. The third kappa shape index (κ3) is 9.15. The summed E-state index contributed by atoms with van der Waals surface area (Å²) < 4.78 is 1.88. The molecule has 0 saturated heterocycles. The van der Waals surface area contributed by atoms with Crippen molar-refractivity contribution in [3.05, 3.63) is 107 Å². The van der Waals surface area contributed by atoms with Crippen LogP contribution >= 0.6 is 20.2 Å². The van der Waals surface area contributed by atoms with Gasteiger partial charge in [0.1, 0.15) is 0 Å². The molecule has 0 aliphatic carbocycles. The van der Waals surface area contributed by atoms with Gasteiger partial charge in [0.15, 0.2) is 11.6 Å². The van der Waals surface area contributed by atoms with Crippen LogP contribution in [0.5, 0.6) is 0 Å². The van der Waals surface area contributed by atoms with Gasteiger partial charge >= 0.3 is 33.3 Å². The quantitative estimate of drug-likeness (QED) is 0.163. The molecule has 0 bridgehead atoms. The van der Waals surface area contributed by atoms with Crippen molar-refractivity contribution in [2.75, 3.05) is 0 Å². The summed E-state index contributed by atoms with van der Waals surface area (Å²) >= 11 is 0.194. The van der Waals surface area contributed by atoms with Crippen LogP contribution in [0.3, 0.4) is 0 Å². The zero-order valence-electron chi connectivity index (χ0n) is 23.2. The predicted molar refractivity (Wildman–Crippen MR) is 162 cm³/mol. The van der Waals surface area contributed by atoms with Crippen LogP contribution in [0.25, 0.3) is 0 Å². The molecule has 0 aliphatic heterocycles. The van der Waals surface area contributed by atoms with Gasteiger partial charge in [-0.25, -0.2) is 9.67 Å². The van der Waals surface area contributed by atoms with Gasteiger partial charge in [0.25, 0.3) is 0 Å². The maximum absolute atomic E-state index is 4.83. The van der Waals surface area contributed by atoms with Crippen LogP contribution in [-0.2, 0) is 30.5 Å². The van der Waals surface area contributed by atoms with Gasteiger partial charge < -0.3 is 0 Å². The van der Waals surface area contributed by atoms with Crippen molar-refractivity contribution in [3.63, 3.8) is 0 Å². The SMILES string of the molecule is CC(C)(C)c1ccccc1N=Cc1nc(C=Nc2ccccc2C(C)(C)C)n(Cc2ccccc2)n1.[Cl][Fe][Cl]. The molecule has 4 aromatic rings. The Morgan fingerprint density at radius 1 is 0.718 bits per heavy atom. The Balaban J connectivity index is 0.00000134. The van der Waals surface area contributed by atoms with Crippen LogP contribution < -0.4 is 0 Å². The van der Waals surface area contributed by atoms with E-state index in [9.17, 15) is 0 Å². The first-order valence-electron chi connectivity index (χ1n) is 12.6. The van der Waals surface area contributed by atoms with Crippen molar-refractivity contribution in [2.24, 2.45) is 9.98 Å². The minimum absolute atomic E-state index is 0.00764. The predicted octanol–water partition coefficient (Wildman–Crippen LogP) is 8.80. The summed E-state index contributed by atoms with van der Waals surface area (Å²) in [6, 6.07) is 26.7. The third-order valence-corrected chi connectivity index (χ3v) is 5.95. The number of halogens is 2. The minimum atomic E-state index is -0.0100. The van der Waals surface area contributed by atoms with Crippen molar-refractivity contribution in [1.82, 2.24) is 14.8 Å². The molecule has 1 heterocycles. The molecule has 4 rings (SSSR count). The van der Waals surface area contributed by atoms with Crippen LogP contribution in [0.15, 0.2) is 88.8 Å². The van der Waals surface area contributed by atoms with Gasteiger partial charge in [-0.15, -0.1) is 5.10 Å². The van der Waals surface area contributed by atoms with Gasteiger partial charge in [-0.3, -0.25) is 9.98 Å². The molecular weight excluding hydrogens is 569 g/mol. The van der Waals surface area contributed by atoms with Gasteiger partial charge in [0.2, 0.25) is 0 Å². The second-order valence-electron chi connectivity index (χ2n) is 11.1. The second kappa shape index (κ2) is 14.0. The Hall–Kier alpha value is -2.76. The summed E-state index contributed by atoms with van der Waals surface area (Å²) in [5.74, 6) is 1.24. The van der Waals surface area contributed by atoms with E-state index in [0.717, 1.165) is 16.9 Å². The van der Waals surface area contributed by atoms with Crippen molar-refractivity contribution in [3.8, 4) is 0 Å². The first-order chi connectivity index (χ1) is 18.5. The average Bonchev–Trinajstić information content (AvgIpc) is 3.28. The molecule has 3 aromatic carbocycles. The van der Waals surface area contributed by atoms with E-state index < -0.39 is 0 Å². The molecule has 0 saturated carbocycles. The third-order valence-electron chi connectivity index (χ3n) is 5.95. The topological polar surface area (TPSA) is 55.4 Å². The summed E-state index contributed by atoms with van der Waals surface area (Å²) in [5.41, 5.74) is 5.37. The number of para-hydroxylation sites is 2. The zero-order chi connectivity index (χ0) is 28.5. The van der Waals surface area contributed by atoms with Crippen LogP contribution in [0, 0.1) is 0 Å². The molecule has 1 aromatic heterocycles. The van der Waals surface area contributed by atoms with Gasteiger partial charge in [0, 0.05) is 0 Å². The summed E-state index contributed by atoms with van der Waals surface area (Å²) in [4.78, 5) is 14.4. The van der Waals surface area contributed by atoms with Crippen molar-refractivity contribution >= 4 is 44.0 Å². The van der Waals surface area contributed by atoms with E-state index in [0.29, 0.717) is 18.2 Å². The van der Waals surface area contributed by atoms with Gasteiger partial charge in [-0.2, -0.15) is 0 Å². The summed E-state index contributed by atoms with van der Waals surface area (Å²) in [5, 5.41) is 4.76. The summed E-state index contributed by atoms with van der Waals surface area (Å²) in [6.07, 6.45) is 3.55. The molecule has 206 valence electrons. The average molecular weight is 604 g/mol. The Morgan fingerprint density at radius 3 is 1.69 bits per heavy atom. The van der Waals surface area contributed by atoms with Crippen molar-refractivity contribution < 1.29 is 13.1 Å². The van der Waals surface area contributed by atoms with Gasteiger partial charge in [-0.1, -0.05) is 108 Å². The van der Waals surface area contributed by atoms with E-state index in [1.165, 1.54) is 11.1 Å². The number of rotatable bonds is 6. The molecule has 0 fully saturated rings. The van der Waals surface area contributed by atoms with Crippen molar-refractivity contribution in [2.45, 2.75) is 58.9 Å². The van der Waals surface area contributed by atoms with E-state index in [1.807, 2.05) is 47.1 Å².